The maximum Gasteiger partial charge on any atom is 0.332 e. The van der Waals surface area contributed by atoms with Crippen molar-refractivity contribution in [3.8, 4) is 0 Å². The first-order valence-electron chi connectivity index (χ1n) is 7.11. The van der Waals surface area contributed by atoms with Crippen molar-refractivity contribution in [1.29, 1.82) is 0 Å². The number of carbonyl (C=O) groups excluding carboxylic acids is 2. The highest BCUT2D eigenvalue weighted by molar-refractivity contribution is 6.01. The van der Waals surface area contributed by atoms with Crippen LogP contribution in [0.4, 0.5) is 0 Å². The minimum absolute atomic E-state index is 0.120. The molecule has 1 fully saturated rings. The van der Waals surface area contributed by atoms with Crippen molar-refractivity contribution >= 4 is 11.9 Å². The number of nitrogens with two attached hydrogens (primary N) is 1. The van der Waals surface area contributed by atoms with Gasteiger partial charge in [0.2, 0.25) is 5.91 Å². The van der Waals surface area contributed by atoms with Gasteiger partial charge in [-0.2, -0.15) is 0 Å². The molecule has 1 aliphatic rings. The van der Waals surface area contributed by atoms with Gasteiger partial charge in [0.05, 0.1) is 12.2 Å². The zero-order valence-electron chi connectivity index (χ0n) is 12.6. The second-order valence-electron chi connectivity index (χ2n) is 6.34. The second-order valence-corrected chi connectivity index (χ2v) is 6.34. The van der Waals surface area contributed by atoms with Crippen LogP contribution < -0.4 is 11.1 Å². The lowest BCUT2D eigenvalue weighted by Crippen LogP contribution is -2.52. The Kier molecular flexibility index (Phi) is 5.53. The molecule has 6 nitrogen and oxygen atoms in total. The number of carbonyl (C=O) groups is 2. The Morgan fingerprint density at radius 3 is 2.35 bits per heavy atom. The third kappa shape index (κ3) is 4.76. The highest BCUT2D eigenvalue weighted by Crippen LogP contribution is 2.39. The summed E-state index contributed by atoms with van der Waals surface area (Å²) in [6.45, 7) is 6.28. The van der Waals surface area contributed by atoms with Gasteiger partial charge in [0.1, 0.15) is 0 Å². The van der Waals surface area contributed by atoms with Gasteiger partial charge < -0.3 is 20.9 Å². The van der Waals surface area contributed by atoms with E-state index in [0.717, 1.165) is 12.8 Å². The average Bonchev–Trinajstić information content (AvgIpc) is 2.39. The summed E-state index contributed by atoms with van der Waals surface area (Å²) in [7, 11) is 0. The molecule has 116 valence electrons. The maximum absolute atomic E-state index is 11.7. The Bertz CT molecular complexity index is 358. The molecule has 1 unspecified atom stereocenters. The number of amides is 1. The molecule has 1 aliphatic carbocycles. The Balaban J connectivity index is 2.43. The molecule has 0 aromatic rings. The monoisotopic (exact) mass is 286 g/mol. The molecule has 6 heteroatoms. The normalized spacial score (nSPS) is 21.9. The summed E-state index contributed by atoms with van der Waals surface area (Å²) in [6.07, 6.45) is 3.08. The first-order valence-corrected chi connectivity index (χ1v) is 7.11. The summed E-state index contributed by atoms with van der Waals surface area (Å²) < 4.78 is 4.68. The minimum Gasteiger partial charge on any atom is -0.464 e. The average molecular weight is 286 g/mol. The molecule has 20 heavy (non-hydrogen) atoms. The molecule has 1 saturated carbocycles. The summed E-state index contributed by atoms with van der Waals surface area (Å²) in [4.78, 5) is 23.1. The van der Waals surface area contributed by atoms with E-state index in [4.69, 9.17) is 5.73 Å². The summed E-state index contributed by atoms with van der Waals surface area (Å²) in [5.41, 5.74) is 4.81. The van der Waals surface area contributed by atoms with E-state index in [9.17, 15) is 14.7 Å². The molecule has 0 aromatic heterocycles. The van der Waals surface area contributed by atoms with Crippen molar-refractivity contribution in [1.82, 2.24) is 5.32 Å². The lowest BCUT2D eigenvalue weighted by Gasteiger charge is -2.40. The van der Waals surface area contributed by atoms with Gasteiger partial charge in [0.25, 0.3) is 0 Å². The predicted octanol–water partition coefficient (Wildman–Crippen LogP) is 0.324. The standard InChI is InChI=1S/C14H26N2O4/c1-4-20-12(18)10(15)11(17)16-9-14(19)7-5-13(2,3)6-8-14/h10,19H,4-9,15H2,1-3H3,(H,16,17). The molecule has 0 spiro atoms. The molecule has 0 saturated heterocycles. The fourth-order valence-corrected chi connectivity index (χ4v) is 2.27. The molecule has 0 aliphatic heterocycles. The first-order chi connectivity index (χ1) is 9.19. The Morgan fingerprint density at radius 2 is 1.85 bits per heavy atom. The quantitative estimate of drug-likeness (QED) is 0.499. The number of hydrogen-bond donors (Lipinski definition) is 3. The SMILES string of the molecule is CCOC(=O)C(N)C(=O)NCC1(O)CCC(C)(C)CC1. The van der Waals surface area contributed by atoms with Crippen LogP contribution in [0.1, 0.15) is 46.5 Å². The van der Waals surface area contributed by atoms with Crippen molar-refractivity contribution < 1.29 is 19.4 Å². The molecule has 0 aromatic carbocycles. The van der Waals surface area contributed by atoms with Gasteiger partial charge in [0, 0.05) is 6.54 Å². The van der Waals surface area contributed by atoms with Crippen LogP contribution in [0.3, 0.4) is 0 Å². The smallest absolute Gasteiger partial charge is 0.332 e. The molecule has 0 radical (unpaired) electrons. The van der Waals surface area contributed by atoms with Crippen molar-refractivity contribution in [2.24, 2.45) is 11.1 Å². The molecule has 0 bridgehead atoms. The fraction of sp³-hybridized carbons (Fsp3) is 0.857. The Morgan fingerprint density at radius 1 is 1.30 bits per heavy atom. The number of nitrogens with one attached hydrogen (secondary N) is 1. The molecule has 1 atom stereocenters. The molecular formula is C14H26N2O4. The molecule has 1 rings (SSSR count). The van der Waals surface area contributed by atoms with Crippen LogP contribution in [0, 0.1) is 5.41 Å². The Hall–Kier alpha value is -1.14. The zero-order chi connectivity index (χ0) is 15.4. The van der Waals surface area contributed by atoms with Crippen LogP contribution in [0.5, 0.6) is 0 Å². The predicted molar refractivity (Wildman–Crippen MR) is 74.8 cm³/mol. The third-order valence-electron chi connectivity index (χ3n) is 3.95. The summed E-state index contributed by atoms with van der Waals surface area (Å²) in [5.74, 6) is -1.36. The van der Waals surface area contributed by atoms with Gasteiger partial charge in [-0.3, -0.25) is 4.79 Å². The van der Waals surface area contributed by atoms with Gasteiger partial charge in [-0.15, -0.1) is 0 Å². The summed E-state index contributed by atoms with van der Waals surface area (Å²) in [5, 5.41) is 12.9. The molecule has 0 heterocycles. The van der Waals surface area contributed by atoms with Crippen molar-refractivity contribution in [3.05, 3.63) is 0 Å². The van der Waals surface area contributed by atoms with Crippen LogP contribution in [-0.4, -0.2) is 41.8 Å². The van der Waals surface area contributed by atoms with Crippen molar-refractivity contribution in [2.45, 2.75) is 58.1 Å². The van der Waals surface area contributed by atoms with E-state index in [-0.39, 0.29) is 18.6 Å². The summed E-state index contributed by atoms with van der Waals surface area (Å²) >= 11 is 0. The zero-order valence-corrected chi connectivity index (χ0v) is 12.6. The topological polar surface area (TPSA) is 102 Å². The molecule has 1 amide bonds. The largest absolute Gasteiger partial charge is 0.464 e. The molecular weight excluding hydrogens is 260 g/mol. The Labute approximate surface area is 120 Å². The lowest BCUT2D eigenvalue weighted by molar-refractivity contribution is -0.148. The highest BCUT2D eigenvalue weighted by Gasteiger charge is 2.37. The van der Waals surface area contributed by atoms with Gasteiger partial charge in [-0.05, 0) is 38.0 Å². The van der Waals surface area contributed by atoms with E-state index >= 15 is 0 Å². The van der Waals surface area contributed by atoms with E-state index in [1.165, 1.54) is 0 Å². The van der Waals surface area contributed by atoms with Crippen molar-refractivity contribution in [2.75, 3.05) is 13.2 Å². The van der Waals surface area contributed by atoms with Crippen molar-refractivity contribution in [3.63, 3.8) is 0 Å². The van der Waals surface area contributed by atoms with Gasteiger partial charge in [0.15, 0.2) is 6.04 Å². The van der Waals surface area contributed by atoms with Crippen LogP contribution in [0.2, 0.25) is 0 Å². The van der Waals surface area contributed by atoms with E-state index in [1.807, 2.05) is 0 Å². The van der Waals surface area contributed by atoms with Gasteiger partial charge in [-0.1, -0.05) is 13.8 Å². The first kappa shape index (κ1) is 16.9. The van der Waals surface area contributed by atoms with Crippen LogP contribution >= 0.6 is 0 Å². The fourth-order valence-electron chi connectivity index (χ4n) is 2.27. The number of aliphatic hydroxyl groups is 1. The third-order valence-corrected chi connectivity index (χ3v) is 3.95. The number of rotatable bonds is 5. The number of esters is 1. The van der Waals surface area contributed by atoms with Crippen LogP contribution in [0.25, 0.3) is 0 Å². The van der Waals surface area contributed by atoms with Crippen LogP contribution in [0.15, 0.2) is 0 Å². The van der Waals surface area contributed by atoms with Crippen LogP contribution in [-0.2, 0) is 14.3 Å². The van der Waals surface area contributed by atoms with Gasteiger partial charge in [-0.25, -0.2) is 4.79 Å². The van der Waals surface area contributed by atoms with E-state index in [0.29, 0.717) is 12.8 Å². The van der Waals surface area contributed by atoms with E-state index < -0.39 is 23.5 Å². The second kappa shape index (κ2) is 6.54. The highest BCUT2D eigenvalue weighted by atomic mass is 16.5. The lowest BCUT2D eigenvalue weighted by atomic mass is 9.71. The van der Waals surface area contributed by atoms with Gasteiger partial charge >= 0.3 is 5.97 Å². The minimum atomic E-state index is -1.33. The van der Waals surface area contributed by atoms with E-state index in [2.05, 4.69) is 23.9 Å². The number of hydrogen-bond acceptors (Lipinski definition) is 5. The number of ether oxygens (including phenoxy) is 1. The maximum atomic E-state index is 11.7. The van der Waals surface area contributed by atoms with E-state index in [1.54, 1.807) is 6.92 Å². The molecule has 4 N–H and O–H groups in total. The summed E-state index contributed by atoms with van der Waals surface area (Å²) in [6, 6.07) is -1.33.